The Kier molecular flexibility index (Phi) is 5.78. The van der Waals surface area contributed by atoms with E-state index in [-0.39, 0.29) is 23.6 Å². The molecule has 7 heteroatoms. The predicted molar refractivity (Wildman–Crippen MR) is 111 cm³/mol. The van der Waals surface area contributed by atoms with Gasteiger partial charge >= 0.3 is 0 Å². The van der Waals surface area contributed by atoms with Crippen molar-refractivity contribution in [3.63, 3.8) is 0 Å². The summed E-state index contributed by atoms with van der Waals surface area (Å²) < 4.78 is 0. The number of nitrogens with one attached hydrogen (secondary N) is 1. The third kappa shape index (κ3) is 4.28. The number of fused-ring (bicyclic) bond motifs is 2. The summed E-state index contributed by atoms with van der Waals surface area (Å²) in [5.74, 6) is 1.77. The van der Waals surface area contributed by atoms with Crippen LogP contribution in [0, 0.1) is 17.8 Å². The van der Waals surface area contributed by atoms with Gasteiger partial charge in [-0.2, -0.15) is 0 Å². The number of hydrogen-bond donors (Lipinski definition) is 1. The van der Waals surface area contributed by atoms with E-state index in [4.69, 9.17) is 11.6 Å². The summed E-state index contributed by atoms with van der Waals surface area (Å²) in [6.07, 6.45) is 7.31. The Balaban J connectivity index is 1.26. The van der Waals surface area contributed by atoms with Crippen molar-refractivity contribution in [3.8, 4) is 0 Å². The Labute approximate surface area is 173 Å². The molecular formula is C21H23ClN2O3S. The van der Waals surface area contributed by atoms with Gasteiger partial charge in [0.2, 0.25) is 5.91 Å². The summed E-state index contributed by atoms with van der Waals surface area (Å²) >= 11 is 6.79. The van der Waals surface area contributed by atoms with Crippen molar-refractivity contribution in [1.82, 2.24) is 10.2 Å². The molecule has 28 heavy (non-hydrogen) atoms. The maximum atomic E-state index is 12.5. The Morgan fingerprint density at radius 2 is 2.00 bits per heavy atom. The second kappa shape index (κ2) is 8.29. The summed E-state index contributed by atoms with van der Waals surface area (Å²) in [4.78, 5) is 38.5. The van der Waals surface area contributed by atoms with Crippen LogP contribution in [0.1, 0.15) is 37.7 Å². The van der Waals surface area contributed by atoms with Crippen molar-refractivity contribution < 1.29 is 14.4 Å². The van der Waals surface area contributed by atoms with E-state index >= 15 is 0 Å². The van der Waals surface area contributed by atoms with Gasteiger partial charge in [-0.25, -0.2) is 0 Å². The summed E-state index contributed by atoms with van der Waals surface area (Å²) in [5.41, 5.74) is 0.814. The fourth-order valence-electron chi connectivity index (χ4n) is 4.65. The number of amides is 3. The zero-order valence-corrected chi connectivity index (χ0v) is 17.1. The third-order valence-corrected chi connectivity index (χ3v) is 7.19. The molecule has 2 aliphatic carbocycles. The highest BCUT2D eigenvalue weighted by Gasteiger charge is 2.40. The van der Waals surface area contributed by atoms with E-state index in [9.17, 15) is 14.4 Å². The molecule has 0 spiro atoms. The molecule has 1 heterocycles. The second-order valence-corrected chi connectivity index (χ2v) is 9.30. The molecule has 4 rings (SSSR count). The molecule has 1 saturated heterocycles. The number of imide groups is 1. The molecule has 3 fully saturated rings. The topological polar surface area (TPSA) is 66.5 Å². The molecule has 1 N–H and O–H groups in total. The lowest BCUT2D eigenvalue weighted by molar-refractivity contribution is -0.124. The van der Waals surface area contributed by atoms with Crippen LogP contribution in [0.2, 0.25) is 5.02 Å². The van der Waals surface area contributed by atoms with Crippen LogP contribution < -0.4 is 5.32 Å². The molecular weight excluding hydrogens is 396 g/mol. The normalized spacial score (nSPS) is 27.8. The van der Waals surface area contributed by atoms with Crippen molar-refractivity contribution in [2.24, 2.45) is 17.8 Å². The average molecular weight is 419 g/mol. The van der Waals surface area contributed by atoms with Crippen molar-refractivity contribution in [1.29, 1.82) is 0 Å². The number of nitrogens with zero attached hydrogens (tertiary/aromatic N) is 1. The Morgan fingerprint density at radius 1 is 1.21 bits per heavy atom. The molecule has 1 aliphatic heterocycles. The van der Waals surface area contributed by atoms with Gasteiger partial charge in [0, 0.05) is 24.5 Å². The number of rotatable bonds is 6. The van der Waals surface area contributed by atoms with Crippen LogP contribution in [0.4, 0.5) is 4.79 Å². The highest BCUT2D eigenvalue weighted by Crippen LogP contribution is 2.49. The van der Waals surface area contributed by atoms with Gasteiger partial charge in [0.05, 0.1) is 4.91 Å². The largest absolute Gasteiger partial charge is 0.354 e. The van der Waals surface area contributed by atoms with E-state index in [0.29, 0.717) is 28.8 Å². The van der Waals surface area contributed by atoms with Crippen molar-refractivity contribution in [2.45, 2.75) is 32.1 Å². The van der Waals surface area contributed by atoms with Crippen molar-refractivity contribution >= 4 is 46.5 Å². The van der Waals surface area contributed by atoms with Gasteiger partial charge in [0.15, 0.2) is 0 Å². The quantitative estimate of drug-likeness (QED) is 0.698. The SMILES string of the molecule is O=C(C[C@@H]1C[C@H]2CC[C@H]1C2)NCCN1C(=O)S/C(=C\c2ccc(Cl)cc2)C1=O. The van der Waals surface area contributed by atoms with Gasteiger partial charge in [-0.15, -0.1) is 0 Å². The van der Waals surface area contributed by atoms with Gasteiger partial charge < -0.3 is 5.32 Å². The van der Waals surface area contributed by atoms with Gasteiger partial charge in [-0.3, -0.25) is 19.3 Å². The van der Waals surface area contributed by atoms with Crippen LogP contribution in [0.5, 0.6) is 0 Å². The minimum absolute atomic E-state index is 0.0289. The number of carbonyl (C=O) groups is 3. The van der Waals surface area contributed by atoms with E-state index in [1.807, 2.05) is 0 Å². The predicted octanol–water partition coefficient (Wildman–Crippen LogP) is 4.32. The minimum atomic E-state index is -0.313. The fourth-order valence-corrected chi connectivity index (χ4v) is 5.64. The molecule has 1 aromatic rings. The third-order valence-electron chi connectivity index (χ3n) is 6.03. The van der Waals surface area contributed by atoms with E-state index in [2.05, 4.69) is 5.32 Å². The molecule has 2 saturated carbocycles. The number of thioether (sulfide) groups is 1. The fraction of sp³-hybridized carbons (Fsp3) is 0.476. The maximum absolute atomic E-state index is 12.5. The Bertz CT molecular complexity index is 823. The highest BCUT2D eigenvalue weighted by atomic mass is 35.5. The number of carbonyl (C=O) groups excluding carboxylic acids is 3. The number of hydrogen-bond acceptors (Lipinski definition) is 4. The zero-order valence-electron chi connectivity index (χ0n) is 15.5. The average Bonchev–Trinajstić information content (AvgIpc) is 3.35. The van der Waals surface area contributed by atoms with Crippen LogP contribution in [-0.4, -0.2) is 35.0 Å². The van der Waals surface area contributed by atoms with Crippen molar-refractivity contribution in [2.75, 3.05) is 13.1 Å². The molecule has 0 radical (unpaired) electrons. The first-order chi connectivity index (χ1) is 13.5. The van der Waals surface area contributed by atoms with Gasteiger partial charge in [0.1, 0.15) is 0 Å². The van der Waals surface area contributed by atoms with E-state index in [0.717, 1.165) is 29.2 Å². The van der Waals surface area contributed by atoms with E-state index < -0.39 is 0 Å². The summed E-state index contributed by atoms with van der Waals surface area (Å²) in [6.45, 7) is 0.497. The number of halogens is 1. The van der Waals surface area contributed by atoms with E-state index in [1.165, 1.54) is 30.6 Å². The summed E-state index contributed by atoms with van der Waals surface area (Å²) in [5, 5.41) is 3.20. The van der Waals surface area contributed by atoms with Crippen LogP contribution in [-0.2, 0) is 9.59 Å². The monoisotopic (exact) mass is 418 g/mol. The van der Waals surface area contributed by atoms with Crippen molar-refractivity contribution in [3.05, 3.63) is 39.8 Å². The standard InChI is InChI=1S/C21H23ClN2O3S/c22-17-5-2-13(3-6-17)11-18-20(26)24(21(27)28-18)8-7-23-19(25)12-16-10-14-1-4-15(16)9-14/h2-3,5-6,11,14-16H,1,4,7-10,12H2,(H,23,25)/b18-11-/t14-,15-,16-/m0/s1. The first kappa shape index (κ1) is 19.5. The zero-order chi connectivity index (χ0) is 19.7. The van der Waals surface area contributed by atoms with Gasteiger partial charge in [0.25, 0.3) is 11.1 Å². The first-order valence-electron chi connectivity index (χ1n) is 9.77. The molecule has 5 nitrogen and oxygen atoms in total. The lowest BCUT2D eigenvalue weighted by Gasteiger charge is -2.21. The molecule has 148 valence electrons. The van der Waals surface area contributed by atoms with Crippen LogP contribution in [0.25, 0.3) is 6.08 Å². The summed E-state index contributed by atoms with van der Waals surface area (Å²) in [6, 6.07) is 7.07. The molecule has 3 aliphatic rings. The van der Waals surface area contributed by atoms with Gasteiger partial charge in [-0.1, -0.05) is 30.2 Å². The minimum Gasteiger partial charge on any atom is -0.354 e. The molecule has 2 bridgehead atoms. The van der Waals surface area contributed by atoms with Crippen LogP contribution in [0.15, 0.2) is 29.2 Å². The van der Waals surface area contributed by atoms with Gasteiger partial charge in [-0.05, 0) is 72.6 Å². The molecule has 1 aromatic carbocycles. The van der Waals surface area contributed by atoms with E-state index in [1.54, 1.807) is 30.3 Å². The molecule has 3 atom stereocenters. The molecule has 0 unspecified atom stereocenters. The van der Waals surface area contributed by atoms with Crippen LogP contribution in [0.3, 0.4) is 0 Å². The maximum Gasteiger partial charge on any atom is 0.293 e. The lowest BCUT2D eigenvalue weighted by Crippen LogP contribution is -2.38. The Morgan fingerprint density at radius 3 is 2.68 bits per heavy atom. The number of benzene rings is 1. The first-order valence-corrected chi connectivity index (χ1v) is 11.0. The van der Waals surface area contributed by atoms with Crippen LogP contribution >= 0.6 is 23.4 Å². The molecule has 3 amide bonds. The second-order valence-electron chi connectivity index (χ2n) is 7.87. The smallest absolute Gasteiger partial charge is 0.293 e. The summed E-state index contributed by atoms with van der Waals surface area (Å²) in [7, 11) is 0. The highest BCUT2D eigenvalue weighted by molar-refractivity contribution is 8.18. The molecule has 0 aromatic heterocycles. The Hall–Kier alpha value is -1.79. The lowest BCUT2D eigenvalue weighted by atomic mass is 9.86.